The molecule has 3 fully saturated rings. The maximum absolute atomic E-state index is 14.6. The van der Waals surface area contributed by atoms with Gasteiger partial charge in [0.1, 0.15) is 11.6 Å². The average molecular weight is 446 g/mol. The molecule has 0 aromatic heterocycles. The molecule has 5 atom stereocenters. The molecule has 1 saturated carbocycles. The molecule has 4 rings (SSSR count). The first-order chi connectivity index (χ1) is 15.3. The van der Waals surface area contributed by atoms with Gasteiger partial charge in [0, 0.05) is 32.0 Å². The Kier molecular flexibility index (Phi) is 6.48. The highest BCUT2D eigenvalue weighted by atomic mass is 19.1. The molecular weight excluding hydrogens is 412 g/mol. The first-order valence-electron chi connectivity index (χ1n) is 11.6. The van der Waals surface area contributed by atoms with Gasteiger partial charge < -0.3 is 9.64 Å². The first kappa shape index (κ1) is 23.0. The number of fused-ring (bicyclic) bond motifs is 1. The van der Waals surface area contributed by atoms with E-state index in [-0.39, 0.29) is 29.0 Å². The van der Waals surface area contributed by atoms with Crippen molar-refractivity contribution in [1.29, 1.82) is 0 Å². The molecule has 5 nitrogen and oxygen atoms in total. The number of rotatable bonds is 5. The fraction of sp³-hybridized carbons (Fsp3) is 0.640. The van der Waals surface area contributed by atoms with E-state index in [0.29, 0.717) is 17.8 Å². The lowest BCUT2D eigenvalue weighted by Crippen LogP contribution is -2.44. The van der Waals surface area contributed by atoms with Crippen molar-refractivity contribution in [3.8, 4) is 0 Å². The maximum Gasteiger partial charge on any atom is 0.229 e. The summed E-state index contributed by atoms with van der Waals surface area (Å²) in [6.45, 7) is 9.19. The molecule has 174 valence electrons. The van der Waals surface area contributed by atoms with Crippen LogP contribution in [0.2, 0.25) is 0 Å². The Morgan fingerprint density at radius 2 is 1.84 bits per heavy atom. The summed E-state index contributed by atoms with van der Waals surface area (Å²) in [6, 6.07) is 3.78. The normalized spacial score (nSPS) is 33.0. The molecular formula is C25H33F2N3O2. The van der Waals surface area contributed by atoms with Gasteiger partial charge in [0.25, 0.3) is 0 Å². The summed E-state index contributed by atoms with van der Waals surface area (Å²) in [5, 5.41) is 7.94. The minimum atomic E-state index is -0.678. The standard InChI is InChI=1S/C25H33F2N3O2/c1-15(2)18-8-9-25(3,24(31)30-11-16-13-32-14-17(16)12-30)19(18)10-22(29-28-4)23-20(26)6-5-7-21(23)27/h5-7,10,15-19H,8-9,11-14H2,1-4H3/b22-10-,29-28-/t16?,17?,18-,19?,25-/m0/s1. The van der Waals surface area contributed by atoms with Crippen LogP contribution in [0.1, 0.15) is 39.2 Å². The lowest BCUT2D eigenvalue weighted by atomic mass is 9.72. The smallest absolute Gasteiger partial charge is 0.229 e. The van der Waals surface area contributed by atoms with E-state index in [1.807, 2.05) is 17.9 Å². The fourth-order valence-electron chi connectivity index (χ4n) is 5.99. The molecule has 7 heteroatoms. The monoisotopic (exact) mass is 445 g/mol. The minimum Gasteiger partial charge on any atom is -0.381 e. The van der Waals surface area contributed by atoms with Gasteiger partial charge in [0.05, 0.1) is 29.9 Å². The Bertz CT molecular complexity index is 900. The number of carbonyl (C=O) groups is 1. The van der Waals surface area contributed by atoms with E-state index < -0.39 is 17.0 Å². The van der Waals surface area contributed by atoms with Gasteiger partial charge >= 0.3 is 0 Å². The highest BCUT2D eigenvalue weighted by Crippen LogP contribution is 2.53. The summed E-state index contributed by atoms with van der Waals surface area (Å²) in [4.78, 5) is 15.8. The maximum atomic E-state index is 14.6. The number of halogens is 2. The van der Waals surface area contributed by atoms with Crippen LogP contribution in [0.15, 0.2) is 34.5 Å². The first-order valence-corrected chi connectivity index (χ1v) is 11.6. The number of nitrogens with zero attached hydrogens (tertiary/aromatic N) is 3. The summed E-state index contributed by atoms with van der Waals surface area (Å²) in [5.41, 5.74) is -0.675. The second kappa shape index (κ2) is 9.00. The topological polar surface area (TPSA) is 54.3 Å². The zero-order valence-corrected chi connectivity index (χ0v) is 19.4. The zero-order chi connectivity index (χ0) is 23.0. The predicted molar refractivity (Wildman–Crippen MR) is 119 cm³/mol. The van der Waals surface area contributed by atoms with Crippen LogP contribution in [0.25, 0.3) is 5.70 Å². The summed E-state index contributed by atoms with van der Waals surface area (Å²) >= 11 is 0. The fourth-order valence-corrected chi connectivity index (χ4v) is 5.99. The van der Waals surface area contributed by atoms with E-state index in [1.165, 1.54) is 25.2 Å². The molecule has 0 radical (unpaired) electrons. The third-order valence-corrected chi connectivity index (χ3v) is 7.83. The van der Waals surface area contributed by atoms with Crippen molar-refractivity contribution in [2.75, 3.05) is 33.4 Å². The van der Waals surface area contributed by atoms with Crippen molar-refractivity contribution in [3.63, 3.8) is 0 Å². The van der Waals surface area contributed by atoms with Crippen molar-refractivity contribution < 1.29 is 18.3 Å². The summed E-state index contributed by atoms with van der Waals surface area (Å²) < 4.78 is 34.8. The van der Waals surface area contributed by atoms with Gasteiger partial charge in [-0.1, -0.05) is 32.9 Å². The second-order valence-corrected chi connectivity index (χ2v) is 10.1. The predicted octanol–water partition coefficient (Wildman–Crippen LogP) is 5.18. The van der Waals surface area contributed by atoms with Crippen molar-refractivity contribution in [2.24, 2.45) is 45.2 Å². The Balaban J connectivity index is 1.72. The van der Waals surface area contributed by atoms with Crippen LogP contribution in [-0.2, 0) is 9.53 Å². The largest absolute Gasteiger partial charge is 0.381 e. The molecule has 3 aliphatic rings. The van der Waals surface area contributed by atoms with Crippen molar-refractivity contribution in [2.45, 2.75) is 33.6 Å². The van der Waals surface area contributed by atoms with Crippen molar-refractivity contribution in [1.82, 2.24) is 4.90 Å². The molecule has 1 amide bonds. The van der Waals surface area contributed by atoms with Gasteiger partial charge in [-0.15, -0.1) is 0 Å². The summed E-state index contributed by atoms with van der Waals surface area (Å²) in [5.74, 6) is -0.0454. The lowest BCUT2D eigenvalue weighted by molar-refractivity contribution is -0.142. The third-order valence-electron chi connectivity index (χ3n) is 7.83. The highest BCUT2D eigenvalue weighted by Gasteiger charge is 2.53. The van der Waals surface area contributed by atoms with Gasteiger partial charge in [-0.3, -0.25) is 4.79 Å². The summed E-state index contributed by atoms with van der Waals surface area (Å²) in [6.07, 6.45) is 3.44. The number of ether oxygens (including phenoxy) is 1. The second-order valence-electron chi connectivity index (χ2n) is 10.1. The Labute approximate surface area is 188 Å². The number of hydrogen-bond acceptors (Lipinski definition) is 4. The molecule has 3 unspecified atom stereocenters. The Morgan fingerprint density at radius 1 is 1.22 bits per heavy atom. The van der Waals surface area contributed by atoms with Crippen LogP contribution >= 0.6 is 0 Å². The van der Waals surface area contributed by atoms with Crippen LogP contribution in [-0.4, -0.2) is 44.2 Å². The SMILES string of the molecule is C/N=N\C(=C/C1[C@H](C(C)C)CC[C@]1(C)C(=O)N1CC2COCC2C1)c1c(F)cccc1F. The molecule has 1 aromatic carbocycles. The van der Waals surface area contributed by atoms with E-state index in [9.17, 15) is 13.6 Å². The van der Waals surface area contributed by atoms with Gasteiger partial charge in [-0.2, -0.15) is 10.2 Å². The molecule has 1 aromatic rings. The van der Waals surface area contributed by atoms with Crippen LogP contribution in [0, 0.1) is 46.6 Å². The molecule has 1 aliphatic carbocycles. The molecule has 2 saturated heterocycles. The Hall–Kier alpha value is -2.15. The zero-order valence-electron chi connectivity index (χ0n) is 19.4. The van der Waals surface area contributed by atoms with E-state index in [0.717, 1.165) is 39.1 Å². The number of benzene rings is 1. The quantitative estimate of drug-likeness (QED) is 0.587. The number of likely N-dealkylation sites (tertiary alicyclic amines) is 1. The van der Waals surface area contributed by atoms with Gasteiger partial charge in [0.2, 0.25) is 5.91 Å². The number of hydrogen-bond donors (Lipinski definition) is 0. The van der Waals surface area contributed by atoms with Crippen LogP contribution in [0.5, 0.6) is 0 Å². The molecule has 0 bridgehead atoms. The molecule has 0 N–H and O–H groups in total. The highest BCUT2D eigenvalue weighted by molar-refractivity contribution is 5.84. The van der Waals surface area contributed by atoms with Crippen LogP contribution in [0.4, 0.5) is 8.78 Å². The lowest BCUT2D eigenvalue weighted by Gasteiger charge is -2.36. The van der Waals surface area contributed by atoms with E-state index in [2.05, 4.69) is 24.1 Å². The van der Waals surface area contributed by atoms with Gasteiger partial charge in [-0.05, 0) is 42.7 Å². The molecule has 2 aliphatic heterocycles. The van der Waals surface area contributed by atoms with Gasteiger partial charge in [0.15, 0.2) is 0 Å². The third kappa shape index (κ3) is 4.00. The van der Waals surface area contributed by atoms with Crippen molar-refractivity contribution in [3.05, 3.63) is 41.5 Å². The number of amides is 1. The van der Waals surface area contributed by atoms with E-state index >= 15 is 0 Å². The summed E-state index contributed by atoms with van der Waals surface area (Å²) in [7, 11) is 1.48. The Morgan fingerprint density at radius 3 is 2.41 bits per heavy atom. The average Bonchev–Trinajstić information content (AvgIpc) is 3.42. The van der Waals surface area contributed by atoms with Crippen LogP contribution in [0.3, 0.4) is 0 Å². The van der Waals surface area contributed by atoms with E-state index in [4.69, 9.17) is 4.74 Å². The molecule has 0 spiro atoms. The van der Waals surface area contributed by atoms with Crippen LogP contribution < -0.4 is 0 Å². The number of azo groups is 1. The van der Waals surface area contributed by atoms with Gasteiger partial charge in [-0.25, -0.2) is 8.78 Å². The number of carbonyl (C=O) groups excluding carboxylic acids is 1. The molecule has 2 heterocycles. The van der Waals surface area contributed by atoms with Crippen molar-refractivity contribution >= 4 is 11.6 Å². The molecule has 32 heavy (non-hydrogen) atoms. The van der Waals surface area contributed by atoms with E-state index in [1.54, 1.807) is 0 Å². The number of allylic oxidation sites excluding steroid dienone is 1. The minimum absolute atomic E-state index is 0.137.